The number of alkyl carbamates (subject to hydrolysis) is 1. The first-order valence-electron chi connectivity index (χ1n) is 7.63. The SMILES string of the molecule is CCCC/C=C/[C@@H](NC(=O)OC(C)(C)C)c1ccccc1. The van der Waals surface area contributed by atoms with Gasteiger partial charge in [-0.15, -0.1) is 0 Å². The van der Waals surface area contributed by atoms with Crippen molar-refractivity contribution in [2.45, 2.75) is 58.6 Å². The van der Waals surface area contributed by atoms with Crippen molar-refractivity contribution in [2.75, 3.05) is 0 Å². The number of ether oxygens (including phenoxy) is 1. The van der Waals surface area contributed by atoms with Crippen LogP contribution < -0.4 is 5.32 Å². The van der Waals surface area contributed by atoms with Gasteiger partial charge in [0.1, 0.15) is 5.60 Å². The standard InChI is InChI=1S/C18H27NO2/c1-5-6-7-11-14-16(15-12-9-8-10-13-15)19-17(20)21-18(2,3)4/h8-14,16H,5-7H2,1-4H3,(H,19,20)/b14-11+/t16-/m1/s1. The summed E-state index contributed by atoms with van der Waals surface area (Å²) in [4.78, 5) is 12.0. The molecule has 21 heavy (non-hydrogen) atoms. The highest BCUT2D eigenvalue weighted by molar-refractivity contribution is 5.68. The Morgan fingerprint density at radius 2 is 1.95 bits per heavy atom. The number of carbonyl (C=O) groups is 1. The minimum Gasteiger partial charge on any atom is -0.444 e. The van der Waals surface area contributed by atoms with E-state index >= 15 is 0 Å². The molecule has 1 aromatic rings. The van der Waals surface area contributed by atoms with Crippen LogP contribution in [0.5, 0.6) is 0 Å². The maximum atomic E-state index is 12.0. The van der Waals surface area contributed by atoms with Gasteiger partial charge in [0.25, 0.3) is 0 Å². The first kappa shape index (κ1) is 17.3. The summed E-state index contributed by atoms with van der Waals surface area (Å²) in [6.45, 7) is 7.75. The van der Waals surface area contributed by atoms with Crippen LogP contribution >= 0.6 is 0 Å². The lowest BCUT2D eigenvalue weighted by molar-refractivity contribution is 0.0514. The Labute approximate surface area is 128 Å². The molecule has 1 rings (SSSR count). The Hall–Kier alpha value is -1.77. The second-order valence-corrected chi connectivity index (χ2v) is 6.10. The molecule has 0 aromatic heterocycles. The van der Waals surface area contributed by atoms with Gasteiger partial charge < -0.3 is 10.1 Å². The van der Waals surface area contributed by atoms with E-state index in [0.717, 1.165) is 18.4 Å². The van der Waals surface area contributed by atoms with Gasteiger partial charge in [0.2, 0.25) is 0 Å². The third-order valence-electron chi connectivity index (χ3n) is 2.88. The van der Waals surface area contributed by atoms with Gasteiger partial charge in [-0.05, 0) is 32.8 Å². The van der Waals surface area contributed by atoms with E-state index in [9.17, 15) is 4.79 Å². The van der Waals surface area contributed by atoms with Crippen LogP contribution in [-0.2, 0) is 4.74 Å². The molecule has 0 fully saturated rings. The molecule has 0 spiro atoms. The van der Waals surface area contributed by atoms with Crippen LogP contribution in [0.2, 0.25) is 0 Å². The number of allylic oxidation sites excluding steroid dienone is 1. The number of nitrogens with one attached hydrogen (secondary N) is 1. The fraction of sp³-hybridized carbons (Fsp3) is 0.500. The minimum absolute atomic E-state index is 0.155. The number of amides is 1. The van der Waals surface area contributed by atoms with E-state index in [1.54, 1.807) is 0 Å². The van der Waals surface area contributed by atoms with E-state index in [4.69, 9.17) is 4.74 Å². The van der Waals surface area contributed by atoms with E-state index in [2.05, 4.69) is 18.3 Å². The predicted molar refractivity (Wildman–Crippen MR) is 87.2 cm³/mol. The van der Waals surface area contributed by atoms with Crippen molar-refractivity contribution in [3.63, 3.8) is 0 Å². The molecule has 0 aliphatic carbocycles. The van der Waals surface area contributed by atoms with Crippen molar-refractivity contribution in [3.05, 3.63) is 48.0 Å². The molecule has 0 saturated carbocycles. The fourth-order valence-electron chi connectivity index (χ4n) is 1.89. The molecular formula is C18H27NO2. The Bertz CT molecular complexity index is 446. The summed E-state index contributed by atoms with van der Waals surface area (Å²) in [5, 5.41) is 2.92. The van der Waals surface area contributed by atoms with Crippen LogP contribution in [-0.4, -0.2) is 11.7 Å². The minimum atomic E-state index is -0.489. The van der Waals surface area contributed by atoms with Gasteiger partial charge in [-0.25, -0.2) is 4.79 Å². The largest absolute Gasteiger partial charge is 0.444 e. The maximum absolute atomic E-state index is 12.0. The molecule has 3 nitrogen and oxygen atoms in total. The molecule has 1 aromatic carbocycles. The van der Waals surface area contributed by atoms with E-state index in [1.165, 1.54) is 6.42 Å². The second kappa shape index (κ2) is 8.50. The van der Waals surface area contributed by atoms with Gasteiger partial charge in [-0.1, -0.05) is 62.2 Å². The summed E-state index contributed by atoms with van der Waals surface area (Å²) in [5.41, 5.74) is 0.563. The molecule has 1 N–H and O–H groups in total. The van der Waals surface area contributed by atoms with E-state index in [1.807, 2.05) is 57.2 Å². The Kier molecular flexibility index (Phi) is 7.00. The Morgan fingerprint density at radius 1 is 1.29 bits per heavy atom. The zero-order valence-electron chi connectivity index (χ0n) is 13.6. The van der Waals surface area contributed by atoms with Crippen LogP contribution in [0, 0.1) is 0 Å². The number of hydrogen-bond acceptors (Lipinski definition) is 2. The molecule has 3 heteroatoms. The number of hydrogen-bond donors (Lipinski definition) is 1. The monoisotopic (exact) mass is 289 g/mol. The lowest BCUT2D eigenvalue weighted by atomic mass is 10.1. The topological polar surface area (TPSA) is 38.3 Å². The number of benzene rings is 1. The highest BCUT2D eigenvalue weighted by atomic mass is 16.6. The van der Waals surface area contributed by atoms with Crippen LogP contribution in [0.3, 0.4) is 0 Å². The zero-order chi connectivity index (χ0) is 15.7. The van der Waals surface area contributed by atoms with Crippen molar-refractivity contribution in [1.29, 1.82) is 0 Å². The molecule has 0 bridgehead atoms. The summed E-state index contributed by atoms with van der Waals surface area (Å²) in [6.07, 6.45) is 7.12. The van der Waals surface area contributed by atoms with Crippen LogP contribution in [0.25, 0.3) is 0 Å². The number of carbonyl (C=O) groups excluding carboxylic acids is 1. The molecule has 0 aliphatic rings. The van der Waals surface area contributed by atoms with Crippen molar-refractivity contribution < 1.29 is 9.53 Å². The van der Waals surface area contributed by atoms with Crippen molar-refractivity contribution in [1.82, 2.24) is 5.32 Å². The molecule has 1 atom stereocenters. The fourth-order valence-corrected chi connectivity index (χ4v) is 1.89. The molecule has 116 valence electrons. The third kappa shape index (κ3) is 7.54. The van der Waals surface area contributed by atoms with Crippen LogP contribution in [0.15, 0.2) is 42.5 Å². The molecule has 0 saturated heterocycles. The number of rotatable bonds is 6. The summed E-state index contributed by atoms with van der Waals surface area (Å²) >= 11 is 0. The maximum Gasteiger partial charge on any atom is 0.408 e. The second-order valence-electron chi connectivity index (χ2n) is 6.10. The highest BCUT2D eigenvalue weighted by Crippen LogP contribution is 2.16. The summed E-state index contributed by atoms with van der Waals surface area (Å²) in [6, 6.07) is 9.77. The molecule has 0 heterocycles. The van der Waals surface area contributed by atoms with Gasteiger partial charge in [0, 0.05) is 0 Å². The molecule has 0 unspecified atom stereocenters. The Morgan fingerprint density at radius 3 is 2.52 bits per heavy atom. The lowest BCUT2D eigenvalue weighted by Crippen LogP contribution is -2.34. The third-order valence-corrected chi connectivity index (χ3v) is 2.88. The highest BCUT2D eigenvalue weighted by Gasteiger charge is 2.18. The normalized spacial score (nSPS) is 13.1. The zero-order valence-corrected chi connectivity index (χ0v) is 13.6. The average Bonchev–Trinajstić information content (AvgIpc) is 2.41. The van der Waals surface area contributed by atoms with E-state index in [-0.39, 0.29) is 6.04 Å². The van der Waals surface area contributed by atoms with Gasteiger partial charge >= 0.3 is 6.09 Å². The molecule has 0 aliphatic heterocycles. The molecule has 1 amide bonds. The van der Waals surface area contributed by atoms with Gasteiger partial charge in [0.05, 0.1) is 6.04 Å². The quantitative estimate of drug-likeness (QED) is 0.591. The van der Waals surface area contributed by atoms with Gasteiger partial charge in [-0.2, -0.15) is 0 Å². The lowest BCUT2D eigenvalue weighted by Gasteiger charge is -2.22. The van der Waals surface area contributed by atoms with E-state index in [0.29, 0.717) is 0 Å². The summed E-state index contributed by atoms with van der Waals surface area (Å²) in [5.74, 6) is 0. The van der Waals surface area contributed by atoms with Crippen LogP contribution in [0.4, 0.5) is 4.79 Å². The molecule has 0 radical (unpaired) electrons. The first-order valence-corrected chi connectivity index (χ1v) is 7.63. The van der Waals surface area contributed by atoms with Crippen LogP contribution in [0.1, 0.15) is 58.6 Å². The van der Waals surface area contributed by atoms with Gasteiger partial charge in [-0.3, -0.25) is 0 Å². The van der Waals surface area contributed by atoms with Gasteiger partial charge in [0.15, 0.2) is 0 Å². The van der Waals surface area contributed by atoms with E-state index < -0.39 is 11.7 Å². The first-order chi connectivity index (χ1) is 9.92. The van der Waals surface area contributed by atoms with Crippen molar-refractivity contribution in [2.24, 2.45) is 0 Å². The smallest absolute Gasteiger partial charge is 0.408 e. The summed E-state index contributed by atoms with van der Waals surface area (Å²) < 4.78 is 5.33. The Balaban J connectivity index is 2.73. The predicted octanol–water partition coefficient (Wildman–Crippen LogP) is 5.00. The number of unbranched alkanes of at least 4 members (excludes halogenated alkanes) is 2. The van der Waals surface area contributed by atoms with Crippen molar-refractivity contribution in [3.8, 4) is 0 Å². The average molecular weight is 289 g/mol. The molecular weight excluding hydrogens is 262 g/mol. The summed E-state index contributed by atoms with van der Waals surface area (Å²) in [7, 11) is 0. The van der Waals surface area contributed by atoms with Crippen molar-refractivity contribution >= 4 is 6.09 Å².